The van der Waals surface area contributed by atoms with Gasteiger partial charge in [-0.3, -0.25) is 0 Å². The molecule has 60 valence electrons. The fourth-order valence-electron chi connectivity index (χ4n) is 1.50. The SMILES string of the molecule is Cl.OC1CNC2(COC2)C1. The highest BCUT2D eigenvalue weighted by atomic mass is 35.5. The Labute approximate surface area is 66.2 Å². The molecule has 0 aromatic heterocycles. The van der Waals surface area contributed by atoms with Gasteiger partial charge in [-0.05, 0) is 6.42 Å². The minimum absolute atomic E-state index is 0. The molecule has 2 aliphatic heterocycles. The highest BCUT2D eigenvalue weighted by Gasteiger charge is 2.44. The summed E-state index contributed by atoms with van der Waals surface area (Å²) in [6.07, 6.45) is 0.724. The van der Waals surface area contributed by atoms with Crippen LogP contribution in [0.3, 0.4) is 0 Å². The van der Waals surface area contributed by atoms with Crippen LogP contribution in [0, 0.1) is 0 Å². The van der Waals surface area contributed by atoms with Crippen LogP contribution in [0.25, 0.3) is 0 Å². The van der Waals surface area contributed by atoms with Crippen LogP contribution in [-0.4, -0.2) is 36.5 Å². The summed E-state index contributed by atoms with van der Waals surface area (Å²) < 4.78 is 5.03. The lowest BCUT2D eigenvalue weighted by Gasteiger charge is -2.37. The number of halogens is 1. The Bertz CT molecular complexity index is 127. The molecule has 2 rings (SSSR count). The minimum Gasteiger partial charge on any atom is -0.392 e. The van der Waals surface area contributed by atoms with Crippen LogP contribution in [0.2, 0.25) is 0 Å². The van der Waals surface area contributed by atoms with Crippen molar-refractivity contribution in [2.24, 2.45) is 0 Å². The monoisotopic (exact) mass is 165 g/mol. The van der Waals surface area contributed by atoms with E-state index in [0.717, 1.165) is 26.2 Å². The van der Waals surface area contributed by atoms with Crippen LogP contribution >= 0.6 is 12.4 Å². The largest absolute Gasteiger partial charge is 0.392 e. The molecular weight excluding hydrogens is 154 g/mol. The van der Waals surface area contributed by atoms with Crippen molar-refractivity contribution in [3.63, 3.8) is 0 Å². The van der Waals surface area contributed by atoms with Gasteiger partial charge < -0.3 is 15.2 Å². The van der Waals surface area contributed by atoms with E-state index in [1.807, 2.05) is 0 Å². The standard InChI is InChI=1S/C6H11NO2.ClH/c8-5-1-6(7-2-5)3-9-4-6;/h5,7-8H,1-4H2;1H. The third-order valence-electron chi connectivity index (χ3n) is 2.10. The molecule has 4 heteroatoms. The van der Waals surface area contributed by atoms with Crippen molar-refractivity contribution in [1.29, 1.82) is 0 Å². The molecule has 0 radical (unpaired) electrons. The molecular formula is C6H12ClNO2. The Morgan fingerprint density at radius 3 is 2.40 bits per heavy atom. The van der Waals surface area contributed by atoms with Crippen LogP contribution in [0.4, 0.5) is 0 Å². The normalized spacial score (nSPS) is 35.1. The fourth-order valence-corrected chi connectivity index (χ4v) is 1.50. The van der Waals surface area contributed by atoms with Gasteiger partial charge in [0.15, 0.2) is 0 Å². The minimum atomic E-state index is -0.145. The van der Waals surface area contributed by atoms with Crippen LogP contribution < -0.4 is 5.32 Å². The summed E-state index contributed by atoms with van der Waals surface area (Å²) in [5.41, 5.74) is 0.166. The zero-order valence-corrected chi connectivity index (χ0v) is 6.49. The molecule has 10 heavy (non-hydrogen) atoms. The van der Waals surface area contributed by atoms with E-state index in [9.17, 15) is 0 Å². The summed E-state index contributed by atoms with van der Waals surface area (Å²) in [5, 5.41) is 12.4. The molecule has 1 spiro atoms. The Morgan fingerprint density at radius 2 is 2.20 bits per heavy atom. The molecule has 2 aliphatic rings. The Balaban J connectivity index is 0.000000500. The molecule has 3 nitrogen and oxygen atoms in total. The molecule has 1 unspecified atom stereocenters. The van der Waals surface area contributed by atoms with Gasteiger partial charge >= 0.3 is 0 Å². The number of nitrogens with one attached hydrogen (secondary N) is 1. The Hall–Kier alpha value is 0.170. The molecule has 1 atom stereocenters. The molecule has 2 heterocycles. The number of aliphatic hydroxyl groups is 1. The highest BCUT2D eigenvalue weighted by molar-refractivity contribution is 5.85. The average molecular weight is 166 g/mol. The van der Waals surface area contributed by atoms with Crippen LogP contribution in [-0.2, 0) is 4.74 Å². The Kier molecular flexibility index (Phi) is 2.20. The smallest absolute Gasteiger partial charge is 0.0684 e. The summed E-state index contributed by atoms with van der Waals surface area (Å²) in [7, 11) is 0. The highest BCUT2D eigenvalue weighted by Crippen LogP contribution is 2.26. The van der Waals surface area contributed by atoms with E-state index in [2.05, 4.69) is 5.32 Å². The van der Waals surface area contributed by atoms with Gasteiger partial charge in [-0.2, -0.15) is 0 Å². The zero-order chi connectivity index (χ0) is 6.32. The van der Waals surface area contributed by atoms with Gasteiger partial charge in [-0.25, -0.2) is 0 Å². The number of β-amino-alcohol motifs (C(OH)–C–C–N with tert-alkyl or cyclic N) is 1. The molecule has 0 aliphatic carbocycles. The van der Waals surface area contributed by atoms with Gasteiger partial charge in [0.1, 0.15) is 0 Å². The molecule has 0 bridgehead atoms. The van der Waals surface area contributed by atoms with E-state index in [0.29, 0.717) is 0 Å². The van der Waals surface area contributed by atoms with Crippen LogP contribution in [0.15, 0.2) is 0 Å². The third kappa shape index (κ3) is 1.14. The summed E-state index contributed by atoms with van der Waals surface area (Å²) in [6.45, 7) is 2.30. The molecule has 0 aromatic carbocycles. The van der Waals surface area contributed by atoms with E-state index < -0.39 is 0 Å². The second kappa shape index (κ2) is 2.66. The summed E-state index contributed by atoms with van der Waals surface area (Å²) >= 11 is 0. The van der Waals surface area contributed by atoms with Gasteiger partial charge in [-0.1, -0.05) is 0 Å². The molecule has 0 amide bonds. The number of aliphatic hydroxyl groups excluding tert-OH is 1. The lowest BCUT2D eigenvalue weighted by molar-refractivity contribution is -0.0683. The van der Waals surface area contributed by atoms with Crippen molar-refractivity contribution < 1.29 is 9.84 Å². The first-order valence-electron chi connectivity index (χ1n) is 3.32. The lowest BCUT2D eigenvalue weighted by atomic mass is 9.95. The molecule has 2 saturated heterocycles. The van der Waals surface area contributed by atoms with Gasteiger partial charge in [0.05, 0.1) is 24.9 Å². The van der Waals surface area contributed by atoms with E-state index in [-0.39, 0.29) is 24.0 Å². The van der Waals surface area contributed by atoms with Crippen LogP contribution in [0.5, 0.6) is 0 Å². The second-order valence-electron chi connectivity index (χ2n) is 3.01. The van der Waals surface area contributed by atoms with Gasteiger partial charge in [0, 0.05) is 6.54 Å². The van der Waals surface area contributed by atoms with Crippen LogP contribution in [0.1, 0.15) is 6.42 Å². The predicted octanol–water partition coefficient (Wildman–Crippen LogP) is -0.469. The first kappa shape index (κ1) is 8.27. The van der Waals surface area contributed by atoms with Gasteiger partial charge in [0.25, 0.3) is 0 Å². The maximum Gasteiger partial charge on any atom is 0.0684 e. The summed E-state index contributed by atoms with van der Waals surface area (Å²) in [4.78, 5) is 0. The average Bonchev–Trinajstić information content (AvgIpc) is 2.09. The van der Waals surface area contributed by atoms with Crippen molar-refractivity contribution in [2.45, 2.75) is 18.1 Å². The van der Waals surface area contributed by atoms with Crippen molar-refractivity contribution >= 4 is 12.4 Å². The quantitative estimate of drug-likeness (QED) is 0.510. The number of ether oxygens (including phenoxy) is 1. The molecule has 2 fully saturated rings. The second-order valence-corrected chi connectivity index (χ2v) is 3.01. The number of hydrogen-bond donors (Lipinski definition) is 2. The van der Waals surface area contributed by atoms with E-state index >= 15 is 0 Å². The Morgan fingerprint density at radius 1 is 1.50 bits per heavy atom. The van der Waals surface area contributed by atoms with Crippen molar-refractivity contribution in [2.75, 3.05) is 19.8 Å². The summed E-state index contributed by atoms with van der Waals surface area (Å²) in [5.74, 6) is 0. The fraction of sp³-hybridized carbons (Fsp3) is 1.00. The predicted molar refractivity (Wildman–Crippen MR) is 39.4 cm³/mol. The zero-order valence-electron chi connectivity index (χ0n) is 5.67. The summed E-state index contributed by atoms with van der Waals surface area (Å²) in [6, 6.07) is 0. The molecule has 0 aromatic rings. The lowest BCUT2D eigenvalue weighted by Crippen LogP contribution is -2.56. The van der Waals surface area contributed by atoms with Crippen molar-refractivity contribution in [1.82, 2.24) is 5.32 Å². The molecule has 2 N–H and O–H groups in total. The topological polar surface area (TPSA) is 41.5 Å². The van der Waals surface area contributed by atoms with Crippen molar-refractivity contribution in [3.8, 4) is 0 Å². The number of rotatable bonds is 0. The maximum atomic E-state index is 9.11. The molecule has 0 saturated carbocycles. The first-order chi connectivity index (χ1) is 4.31. The first-order valence-corrected chi connectivity index (χ1v) is 3.32. The number of hydrogen-bond acceptors (Lipinski definition) is 3. The van der Waals surface area contributed by atoms with E-state index in [1.165, 1.54) is 0 Å². The van der Waals surface area contributed by atoms with E-state index in [1.54, 1.807) is 0 Å². The van der Waals surface area contributed by atoms with E-state index in [4.69, 9.17) is 9.84 Å². The van der Waals surface area contributed by atoms with Gasteiger partial charge in [-0.15, -0.1) is 12.4 Å². The van der Waals surface area contributed by atoms with Crippen molar-refractivity contribution in [3.05, 3.63) is 0 Å². The maximum absolute atomic E-state index is 9.11. The van der Waals surface area contributed by atoms with Gasteiger partial charge in [0.2, 0.25) is 0 Å². The third-order valence-corrected chi connectivity index (χ3v) is 2.10.